The molecule has 0 radical (unpaired) electrons. The van der Waals surface area contributed by atoms with Gasteiger partial charge in [0.1, 0.15) is 11.6 Å². The summed E-state index contributed by atoms with van der Waals surface area (Å²) in [6.45, 7) is 4.96. The average molecular weight is 253 g/mol. The Balaban J connectivity index is 2.28. The van der Waals surface area contributed by atoms with Gasteiger partial charge in [0.05, 0.1) is 17.2 Å². The molecule has 0 saturated carbocycles. The molecule has 96 valence electrons. The molecule has 0 spiro atoms. The first kappa shape index (κ1) is 11.7. The molecule has 0 bridgehead atoms. The highest BCUT2D eigenvalue weighted by molar-refractivity contribution is 5.81. The second-order valence-corrected chi connectivity index (χ2v) is 4.60. The number of nitrogens with zero attached hydrogens (tertiary/aromatic N) is 3. The van der Waals surface area contributed by atoms with Crippen LogP contribution in [-0.2, 0) is 6.54 Å². The van der Waals surface area contributed by atoms with Crippen LogP contribution < -0.4 is 0 Å². The van der Waals surface area contributed by atoms with Gasteiger partial charge in [0.15, 0.2) is 0 Å². The van der Waals surface area contributed by atoms with Gasteiger partial charge in [0, 0.05) is 18.3 Å². The first-order valence-electron chi connectivity index (χ1n) is 6.30. The van der Waals surface area contributed by atoms with Gasteiger partial charge >= 0.3 is 0 Å². The minimum absolute atomic E-state index is 0.156. The van der Waals surface area contributed by atoms with E-state index < -0.39 is 0 Å². The van der Waals surface area contributed by atoms with Crippen LogP contribution in [0.5, 0.6) is 5.75 Å². The Kier molecular flexibility index (Phi) is 2.71. The van der Waals surface area contributed by atoms with Crippen LogP contribution in [0.1, 0.15) is 12.5 Å². The zero-order valence-electron chi connectivity index (χ0n) is 11.0. The standard InChI is InChI=1S/C15H15N3O/c1-3-18-14-5-4-10(2)6-13(14)17-15(18)11-7-12(19)9-16-8-11/h4-9,19H,3H2,1-2H3. The summed E-state index contributed by atoms with van der Waals surface area (Å²) in [7, 11) is 0. The first-order chi connectivity index (χ1) is 9.19. The van der Waals surface area contributed by atoms with Gasteiger partial charge in [-0.25, -0.2) is 4.98 Å². The summed E-state index contributed by atoms with van der Waals surface area (Å²) in [5, 5.41) is 9.56. The number of aromatic nitrogens is 3. The fourth-order valence-electron chi connectivity index (χ4n) is 2.33. The Hall–Kier alpha value is -2.36. The van der Waals surface area contributed by atoms with Crippen molar-refractivity contribution in [3.05, 3.63) is 42.2 Å². The fraction of sp³-hybridized carbons (Fsp3) is 0.200. The van der Waals surface area contributed by atoms with Gasteiger partial charge in [0.2, 0.25) is 0 Å². The Morgan fingerprint density at radius 2 is 2.05 bits per heavy atom. The van der Waals surface area contributed by atoms with Gasteiger partial charge in [-0.05, 0) is 37.6 Å². The maximum Gasteiger partial charge on any atom is 0.142 e. The Morgan fingerprint density at radius 3 is 2.79 bits per heavy atom. The zero-order valence-corrected chi connectivity index (χ0v) is 11.0. The third kappa shape index (κ3) is 1.95. The minimum atomic E-state index is 0.156. The van der Waals surface area contributed by atoms with E-state index in [2.05, 4.69) is 46.6 Å². The van der Waals surface area contributed by atoms with Crippen molar-refractivity contribution < 1.29 is 5.11 Å². The fourth-order valence-corrected chi connectivity index (χ4v) is 2.33. The van der Waals surface area contributed by atoms with Crippen molar-refractivity contribution in [2.24, 2.45) is 0 Å². The molecule has 19 heavy (non-hydrogen) atoms. The van der Waals surface area contributed by atoms with Crippen LogP contribution in [-0.4, -0.2) is 19.6 Å². The molecule has 4 heteroatoms. The number of fused-ring (bicyclic) bond motifs is 1. The van der Waals surface area contributed by atoms with Crippen molar-refractivity contribution in [3.8, 4) is 17.1 Å². The molecule has 0 aliphatic heterocycles. The second-order valence-electron chi connectivity index (χ2n) is 4.60. The van der Waals surface area contributed by atoms with E-state index in [4.69, 9.17) is 0 Å². The number of imidazole rings is 1. The number of rotatable bonds is 2. The topological polar surface area (TPSA) is 50.9 Å². The number of aromatic hydroxyl groups is 1. The lowest BCUT2D eigenvalue weighted by molar-refractivity contribution is 0.473. The summed E-state index contributed by atoms with van der Waals surface area (Å²) >= 11 is 0. The lowest BCUT2D eigenvalue weighted by Crippen LogP contribution is -1.97. The SMILES string of the molecule is CCn1c(-c2cncc(O)c2)nc2cc(C)ccc21. The van der Waals surface area contributed by atoms with E-state index in [9.17, 15) is 5.11 Å². The molecule has 0 amide bonds. The third-order valence-corrected chi connectivity index (χ3v) is 3.20. The van der Waals surface area contributed by atoms with Gasteiger partial charge in [-0.2, -0.15) is 0 Å². The van der Waals surface area contributed by atoms with E-state index in [1.54, 1.807) is 12.3 Å². The minimum Gasteiger partial charge on any atom is -0.506 e. The maximum atomic E-state index is 9.56. The molecule has 4 nitrogen and oxygen atoms in total. The van der Waals surface area contributed by atoms with E-state index >= 15 is 0 Å². The number of pyridine rings is 1. The highest BCUT2D eigenvalue weighted by Gasteiger charge is 2.12. The van der Waals surface area contributed by atoms with Crippen LogP contribution in [0, 0.1) is 6.92 Å². The molecule has 2 aromatic heterocycles. The van der Waals surface area contributed by atoms with Crippen molar-refractivity contribution in [2.75, 3.05) is 0 Å². The summed E-state index contributed by atoms with van der Waals surface area (Å²) in [6.07, 6.45) is 3.15. The van der Waals surface area contributed by atoms with E-state index in [0.29, 0.717) is 0 Å². The maximum absolute atomic E-state index is 9.56. The van der Waals surface area contributed by atoms with Crippen LogP contribution in [0.4, 0.5) is 0 Å². The largest absolute Gasteiger partial charge is 0.506 e. The second kappa shape index (κ2) is 4.39. The molecule has 0 aliphatic rings. The van der Waals surface area contributed by atoms with Crippen LogP contribution in [0.3, 0.4) is 0 Å². The summed E-state index contributed by atoms with van der Waals surface area (Å²) in [6, 6.07) is 7.93. The molecule has 3 rings (SSSR count). The van der Waals surface area contributed by atoms with E-state index in [0.717, 1.165) is 29.0 Å². The quantitative estimate of drug-likeness (QED) is 0.763. The Labute approximate surface area is 111 Å². The number of aryl methyl sites for hydroxylation is 2. The number of benzene rings is 1. The van der Waals surface area contributed by atoms with Crippen molar-refractivity contribution in [1.82, 2.24) is 14.5 Å². The van der Waals surface area contributed by atoms with Gasteiger partial charge in [0.25, 0.3) is 0 Å². The van der Waals surface area contributed by atoms with E-state index in [1.807, 2.05) is 0 Å². The van der Waals surface area contributed by atoms with Crippen molar-refractivity contribution in [3.63, 3.8) is 0 Å². The molecule has 2 heterocycles. The van der Waals surface area contributed by atoms with Crippen LogP contribution in [0.25, 0.3) is 22.4 Å². The van der Waals surface area contributed by atoms with Crippen LogP contribution >= 0.6 is 0 Å². The molecule has 1 aromatic carbocycles. The van der Waals surface area contributed by atoms with Crippen molar-refractivity contribution in [1.29, 1.82) is 0 Å². The third-order valence-electron chi connectivity index (χ3n) is 3.20. The normalized spacial score (nSPS) is 11.1. The summed E-state index contributed by atoms with van der Waals surface area (Å²) < 4.78 is 2.13. The molecule has 3 aromatic rings. The molecule has 1 N–H and O–H groups in total. The molecular formula is C15H15N3O. The lowest BCUT2D eigenvalue weighted by atomic mass is 10.2. The molecule has 0 atom stereocenters. The average Bonchev–Trinajstić information content (AvgIpc) is 2.76. The monoisotopic (exact) mass is 253 g/mol. The first-order valence-corrected chi connectivity index (χ1v) is 6.30. The summed E-state index contributed by atoms with van der Waals surface area (Å²) in [4.78, 5) is 8.69. The molecule has 0 fully saturated rings. The van der Waals surface area contributed by atoms with Gasteiger partial charge < -0.3 is 9.67 Å². The Bertz CT molecular complexity index is 746. The zero-order chi connectivity index (χ0) is 13.4. The Morgan fingerprint density at radius 1 is 1.21 bits per heavy atom. The molecule has 0 unspecified atom stereocenters. The predicted octanol–water partition coefficient (Wildman–Crippen LogP) is 3.13. The summed E-state index contributed by atoms with van der Waals surface area (Å²) in [5.41, 5.74) is 4.09. The lowest BCUT2D eigenvalue weighted by Gasteiger charge is -2.05. The highest BCUT2D eigenvalue weighted by atomic mass is 16.3. The van der Waals surface area contributed by atoms with Crippen LogP contribution in [0.2, 0.25) is 0 Å². The van der Waals surface area contributed by atoms with E-state index in [-0.39, 0.29) is 5.75 Å². The van der Waals surface area contributed by atoms with Crippen molar-refractivity contribution in [2.45, 2.75) is 20.4 Å². The highest BCUT2D eigenvalue weighted by Crippen LogP contribution is 2.26. The van der Waals surface area contributed by atoms with Gasteiger partial charge in [-0.15, -0.1) is 0 Å². The van der Waals surface area contributed by atoms with Gasteiger partial charge in [-0.1, -0.05) is 6.07 Å². The van der Waals surface area contributed by atoms with Crippen molar-refractivity contribution >= 4 is 11.0 Å². The van der Waals surface area contributed by atoms with Gasteiger partial charge in [-0.3, -0.25) is 4.98 Å². The van der Waals surface area contributed by atoms with Crippen LogP contribution in [0.15, 0.2) is 36.7 Å². The number of hydrogen-bond donors (Lipinski definition) is 1. The summed E-state index contributed by atoms with van der Waals surface area (Å²) in [5.74, 6) is 0.995. The molecular weight excluding hydrogens is 238 g/mol. The smallest absolute Gasteiger partial charge is 0.142 e. The number of hydrogen-bond acceptors (Lipinski definition) is 3. The van der Waals surface area contributed by atoms with E-state index in [1.165, 1.54) is 11.8 Å². The predicted molar refractivity (Wildman–Crippen MR) is 75.0 cm³/mol. The molecule has 0 aliphatic carbocycles. The molecule has 0 saturated heterocycles.